The third-order valence-electron chi connectivity index (χ3n) is 5.23. The second kappa shape index (κ2) is 8.98. The van der Waals surface area contributed by atoms with E-state index in [1.54, 1.807) is 31.2 Å². The number of rotatable bonds is 5. The maximum Gasteiger partial charge on any atom is 0.418 e. The molecule has 11 heteroatoms. The molecule has 1 aromatic heterocycles. The minimum Gasteiger partial charge on any atom is -0.307 e. The van der Waals surface area contributed by atoms with Gasteiger partial charge in [-0.2, -0.15) is 18.3 Å². The molecule has 1 fully saturated rings. The molecule has 0 atom stereocenters. The number of aromatic nitrogens is 2. The van der Waals surface area contributed by atoms with Gasteiger partial charge in [0.15, 0.2) is 0 Å². The van der Waals surface area contributed by atoms with Crippen molar-refractivity contribution in [3.63, 3.8) is 0 Å². The molecule has 3 aromatic rings. The Hall–Kier alpha value is -3.60. The van der Waals surface area contributed by atoms with Crippen molar-refractivity contribution >= 4 is 33.5 Å². The number of hydrogen-bond donors (Lipinski definition) is 1. The molecule has 0 radical (unpaired) electrons. The van der Waals surface area contributed by atoms with E-state index >= 15 is 0 Å². The lowest BCUT2D eigenvalue weighted by molar-refractivity contribution is -0.137. The van der Waals surface area contributed by atoms with Gasteiger partial charge in [-0.25, -0.2) is 13.1 Å². The van der Waals surface area contributed by atoms with E-state index in [1.807, 2.05) is 0 Å². The van der Waals surface area contributed by atoms with E-state index in [1.165, 1.54) is 40.7 Å². The lowest BCUT2D eigenvalue weighted by Gasteiger charge is -2.16. The Morgan fingerprint density at radius 1 is 1.12 bits per heavy atom. The molecule has 0 saturated carbocycles. The first-order valence-corrected chi connectivity index (χ1v) is 12.0. The van der Waals surface area contributed by atoms with Crippen LogP contribution in [0.4, 0.5) is 24.7 Å². The second-order valence-corrected chi connectivity index (χ2v) is 9.77. The van der Waals surface area contributed by atoms with Crippen LogP contribution in [0.15, 0.2) is 60.7 Å². The highest BCUT2D eigenvalue weighted by atomic mass is 32.2. The Morgan fingerprint density at radius 3 is 2.47 bits per heavy atom. The zero-order valence-electron chi connectivity index (χ0n) is 18.1. The maximum atomic E-state index is 13.4. The Balaban J connectivity index is 1.51. The predicted octanol–water partition coefficient (Wildman–Crippen LogP) is 4.39. The van der Waals surface area contributed by atoms with Crippen LogP contribution in [-0.2, 0) is 21.0 Å². The summed E-state index contributed by atoms with van der Waals surface area (Å²) in [7, 11) is -3.28. The number of hydrogen-bond acceptors (Lipinski definition) is 4. The number of alkyl halides is 3. The van der Waals surface area contributed by atoms with Gasteiger partial charge in [-0.1, -0.05) is 24.3 Å². The highest BCUT2D eigenvalue weighted by Crippen LogP contribution is 2.34. The predicted molar refractivity (Wildman–Crippen MR) is 123 cm³/mol. The molecular formula is C23H21F3N4O3S. The van der Waals surface area contributed by atoms with Crippen LogP contribution in [0.1, 0.15) is 23.2 Å². The second-order valence-electron chi connectivity index (χ2n) is 7.75. The van der Waals surface area contributed by atoms with Crippen molar-refractivity contribution in [3.8, 4) is 5.69 Å². The molecule has 7 nitrogen and oxygen atoms in total. The van der Waals surface area contributed by atoms with Crippen molar-refractivity contribution in [3.05, 3.63) is 77.5 Å². The first-order chi connectivity index (χ1) is 16.0. The normalized spacial score (nSPS) is 15.7. The number of anilines is 2. The number of carbonyl (C=O) groups excluding carboxylic acids is 1. The van der Waals surface area contributed by atoms with E-state index in [4.69, 9.17) is 0 Å². The van der Waals surface area contributed by atoms with E-state index in [0.717, 1.165) is 10.7 Å². The van der Waals surface area contributed by atoms with Gasteiger partial charge in [-0.3, -0.25) is 9.10 Å². The molecule has 0 spiro atoms. The number of carbonyl (C=O) groups is 1. The molecular weight excluding hydrogens is 469 g/mol. The lowest BCUT2D eigenvalue weighted by atomic mass is 10.1. The van der Waals surface area contributed by atoms with E-state index in [2.05, 4.69) is 10.4 Å². The summed E-state index contributed by atoms with van der Waals surface area (Å²) in [5, 5.41) is 6.68. The number of amides is 1. The van der Waals surface area contributed by atoms with E-state index < -0.39 is 27.7 Å². The van der Waals surface area contributed by atoms with Crippen LogP contribution in [0.5, 0.6) is 0 Å². The van der Waals surface area contributed by atoms with Gasteiger partial charge < -0.3 is 5.32 Å². The minimum absolute atomic E-state index is 0.0958. The van der Waals surface area contributed by atoms with Crippen molar-refractivity contribution in [2.75, 3.05) is 21.9 Å². The van der Waals surface area contributed by atoms with Gasteiger partial charge in [-0.05, 0) is 49.2 Å². The average Bonchev–Trinajstić information content (AvgIpc) is 3.32. The van der Waals surface area contributed by atoms with Gasteiger partial charge >= 0.3 is 6.18 Å². The van der Waals surface area contributed by atoms with Crippen molar-refractivity contribution < 1.29 is 26.4 Å². The summed E-state index contributed by atoms with van der Waals surface area (Å²) < 4.78 is 66.8. The molecule has 2 heterocycles. The van der Waals surface area contributed by atoms with Crippen LogP contribution >= 0.6 is 0 Å². The van der Waals surface area contributed by atoms with Gasteiger partial charge in [-0.15, -0.1) is 0 Å². The number of sulfonamides is 1. The van der Waals surface area contributed by atoms with E-state index in [0.29, 0.717) is 29.9 Å². The monoisotopic (exact) mass is 490 g/mol. The third-order valence-corrected chi connectivity index (χ3v) is 7.10. The van der Waals surface area contributed by atoms with Crippen LogP contribution in [0, 0.1) is 6.92 Å². The topological polar surface area (TPSA) is 84.3 Å². The Bertz CT molecular complexity index is 1350. The standard InChI is InChI=1S/C23H21F3N4O3S/c1-16-15-21(30(28-16)20-6-3-2-5-19(20)23(24,25)26)27-22(31)12-9-17-7-10-18(11-8-17)29-13-4-14-34(29,32)33/h2-3,5-12,15H,4,13-14H2,1H3,(H,27,31)/b12-9+. The Kier molecular flexibility index (Phi) is 6.22. The number of halogens is 3. The largest absolute Gasteiger partial charge is 0.418 e. The van der Waals surface area contributed by atoms with Gasteiger partial charge in [0.1, 0.15) is 5.82 Å². The first kappa shape index (κ1) is 23.6. The number of benzene rings is 2. The van der Waals surface area contributed by atoms with Crippen molar-refractivity contribution in [2.24, 2.45) is 0 Å². The summed E-state index contributed by atoms with van der Waals surface area (Å²) in [6, 6.07) is 13.1. The summed E-state index contributed by atoms with van der Waals surface area (Å²) in [4.78, 5) is 12.5. The molecule has 0 bridgehead atoms. The molecule has 1 aliphatic rings. The van der Waals surface area contributed by atoms with Gasteiger partial charge in [0.25, 0.3) is 0 Å². The SMILES string of the molecule is Cc1cc(NC(=O)/C=C/c2ccc(N3CCCS3(=O)=O)cc2)n(-c2ccccc2C(F)(F)F)n1. The molecule has 1 amide bonds. The third kappa shape index (κ3) is 4.98. The molecule has 4 rings (SSSR count). The summed E-state index contributed by atoms with van der Waals surface area (Å²) in [6.45, 7) is 2.05. The van der Waals surface area contributed by atoms with Crippen LogP contribution in [-0.4, -0.2) is 36.4 Å². The number of aryl methyl sites for hydroxylation is 1. The van der Waals surface area contributed by atoms with E-state index in [-0.39, 0.29) is 17.3 Å². The molecule has 1 saturated heterocycles. The smallest absolute Gasteiger partial charge is 0.307 e. The molecule has 0 aliphatic carbocycles. The fraction of sp³-hybridized carbons (Fsp3) is 0.217. The highest BCUT2D eigenvalue weighted by molar-refractivity contribution is 7.93. The molecule has 1 N–H and O–H groups in total. The fourth-order valence-corrected chi connectivity index (χ4v) is 5.26. The number of para-hydroxylation sites is 1. The number of nitrogens with one attached hydrogen (secondary N) is 1. The molecule has 0 unspecified atom stereocenters. The quantitative estimate of drug-likeness (QED) is 0.538. The minimum atomic E-state index is -4.59. The highest BCUT2D eigenvalue weighted by Gasteiger charge is 2.34. The van der Waals surface area contributed by atoms with Gasteiger partial charge in [0.2, 0.25) is 15.9 Å². The summed E-state index contributed by atoms with van der Waals surface area (Å²) in [5.41, 5.74) is 0.576. The van der Waals surface area contributed by atoms with Crippen molar-refractivity contribution in [1.29, 1.82) is 0 Å². The zero-order valence-corrected chi connectivity index (χ0v) is 18.9. The van der Waals surface area contributed by atoms with Crippen LogP contribution in [0.2, 0.25) is 0 Å². The van der Waals surface area contributed by atoms with Crippen molar-refractivity contribution in [2.45, 2.75) is 19.5 Å². The maximum absolute atomic E-state index is 13.4. The van der Waals surface area contributed by atoms with Crippen LogP contribution in [0.3, 0.4) is 0 Å². The first-order valence-electron chi connectivity index (χ1n) is 10.4. The van der Waals surface area contributed by atoms with E-state index in [9.17, 15) is 26.4 Å². The molecule has 178 valence electrons. The zero-order chi connectivity index (χ0) is 24.5. The van der Waals surface area contributed by atoms with Crippen molar-refractivity contribution in [1.82, 2.24) is 9.78 Å². The summed E-state index contributed by atoms with van der Waals surface area (Å²) in [6.07, 6.45) is -1.25. The summed E-state index contributed by atoms with van der Waals surface area (Å²) >= 11 is 0. The van der Waals surface area contributed by atoms with Crippen LogP contribution in [0.25, 0.3) is 11.8 Å². The van der Waals surface area contributed by atoms with Gasteiger partial charge in [0.05, 0.1) is 28.4 Å². The van der Waals surface area contributed by atoms with Crippen LogP contribution < -0.4 is 9.62 Å². The lowest BCUT2D eigenvalue weighted by Crippen LogP contribution is -2.24. The summed E-state index contributed by atoms with van der Waals surface area (Å²) in [5.74, 6) is -0.339. The molecule has 2 aromatic carbocycles. The number of nitrogens with zero attached hydrogens (tertiary/aromatic N) is 3. The van der Waals surface area contributed by atoms with Gasteiger partial charge in [0, 0.05) is 18.7 Å². The molecule has 34 heavy (non-hydrogen) atoms. The molecule has 1 aliphatic heterocycles. The Labute approximate surface area is 194 Å². The fourth-order valence-electron chi connectivity index (χ4n) is 3.69. The average molecular weight is 491 g/mol. The Morgan fingerprint density at radius 2 is 1.82 bits per heavy atom.